The Balaban J connectivity index is 1.81. The molecule has 2 aromatic rings. The van der Waals surface area contributed by atoms with Crippen LogP contribution >= 0.6 is 0 Å². The minimum absolute atomic E-state index is 0.00908. The summed E-state index contributed by atoms with van der Waals surface area (Å²) in [4.78, 5) is 27.1. The van der Waals surface area contributed by atoms with Crippen molar-refractivity contribution in [2.75, 3.05) is 11.4 Å². The highest BCUT2D eigenvalue weighted by Gasteiger charge is 2.33. The van der Waals surface area contributed by atoms with Crippen LogP contribution in [0.3, 0.4) is 0 Å². The number of carbonyl (C=O) groups is 2. The number of anilines is 1. The molecule has 3 rings (SSSR count). The van der Waals surface area contributed by atoms with Crippen molar-refractivity contribution in [2.45, 2.75) is 40.0 Å². The minimum Gasteiger partial charge on any atom is -0.508 e. The van der Waals surface area contributed by atoms with Crippen LogP contribution in [0.2, 0.25) is 0 Å². The third-order valence-electron chi connectivity index (χ3n) is 4.75. The number of rotatable bonds is 4. The SMILES string of the molecule is CC(C)(C)C(=O)N1CCc2cccc(CCC(=O)c3cccc(O)c3)c21. The molecule has 1 aliphatic rings. The molecule has 26 heavy (non-hydrogen) atoms. The average Bonchev–Trinajstić information content (AvgIpc) is 3.02. The highest BCUT2D eigenvalue weighted by Crippen LogP contribution is 2.35. The number of nitrogens with zero attached hydrogens (tertiary/aromatic N) is 1. The number of hydrogen-bond donors (Lipinski definition) is 1. The number of aryl methyl sites for hydroxylation is 1. The third-order valence-corrected chi connectivity index (χ3v) is 4.75. The van der Waals surface area contributed by atoms with E-state index in [1.54, 1.807) is 18.2 Å². The highest BCUT2D eigenvalue weighted by molar-refractivity contribution is 6.00. The summed E-state index contributed by atoms with van der Waals surface area (Å²) < 4.78 is 0. The Morgan fingerprint density at radius 1 is 1.12 bits per heavy atom. The van der Waals surface area contributed by atoms with Crippen LogP contribution in [0.4, 0.5) is 5.69 Å². The maximum atomic E-state index is 12.8. The molecule has 0 spiro atoms. The van der Waals surface area contributed by atoms with Crippen molar-refractivity contribution in [2.24, 2.45) is 5.41 Å². The fraction of sp³-hybridized carbons (Fsp3) is 0.364. The van der Waals surface area contributed by atoms with Crippen molar-refractivity contribution in [1.82, 2.24) is 0 Å². The van der Waals surface area contributed by atoms with Gasteiger partial charge < -0.3 is 10.0 Å². The topological polar surface area (TPSA) is 57.6 Å². The van der Waals surface area contributed by atoms with Crippen LogP contribution in [0.15, 0.2) is 42.5 Å². The number of hydrogen-bond acceptors (Lipinski definition) is 3. The van der Waals surface area contributed by atoms with E-state index in [2.05, 4.69) is 6.07 Å². The molecule has 1 N–H and O–H groups in total. The number of aromatic hydroxyl groups is 1. The molecule has 0 atom stereocenters. The van der Waals surface area contributed by atoms with Gasteiger partial charge in [-0.15, -0.1) is 0 Å². The molecule has 1 aliphatic heterocycles. The van der Waals surface area contributed by atoms with Gasteiger partial charge in [0.25, 0.3) is 0 Å². The Kier molecular flexibility index (Phi) is 4.86. The van der Waals surface area contributed by atoms with E-state index in [0.29, 0.717) is 24.9 Å². The highest BCUT2D eigenvalue weighted by atomic mass is 16.3. The van der Waals surface area contributed by atoms with Gasteiger partial charge in [-0.1, -0.05) is 51.1 Å². The van der Waals surface area contributed by atoms with Gasteiger partial charge in [0.2, 0.25) is 5.91 Å². The van der Waals surface area contributed by atoms with Gasteiger partial charge in [0.1, 0.15) is 5.75 Å². The van der Waals surface area contributed by atoms with E-state index in [4.69, 9.17) is 0 Å². The normalized spacial score (nSPS) is 13.6. The van der Waals surface area contributed by atoms with Gasteiger partial charge in [-0.05, 0) is 36.1 Å². The molecule has 0 bridgehead atoms. The summed E-state index contributed by atoms with van der Waals surface area (Å²) in [6, 6.07) is 12.5. The zero-order valence-electron chi connectivity index (χ0n) is 15.6. The lowest BCUT2D eigenvalue weighted by molar-refractivity contribution is -0.125. The first-order chi connectivity index (χ1) is 12.3. The number of ketones is 1. The number of phenols is 1. The first-order valence-corrected chi connectivity index (χ1v) is 9.02. The van der Waals surface area contributed by atoms with E-state index in [0.717, 1.165) is 17.7 Å². The molecule has 136 valence electrons. The molecule has 1 heterocycles. The smallest absolute Gasteiger partial charge is 0.232 e. The van der Waals surface area contributed by atoms with E-state index in [1.165, 1.54) is 11.6 Å². The summed E-state index contributed by atoms with van der Waals surface area (Å²) in [6.45, 7) is 6.49. The number of para-hydroxylation sites is 1. The molecule has 0 saturated heterocycles. The lowest BCUT2D eigenvalue weighted by Crippen LogP contribution is -2.38. The lowest BCUT2D eigenvalue weighted by Gasteiger charge is -2.27. The molecule has 0 aromatic heterocycles. The number of carbonyl (C=O) groups excluding carboxylic acids is 2. The van der Waals surface area contributed by atoms with Crippen molar-refractivity contribution < 1.29 is 14.7 Å². The second kappa shape index (κ2) is 6.94. The summed E-state index contributed by atoms with van der Waals surface area (Å²) in [5.74, 6) is 0.201. The Morgan fingerprint density at radius 3 is 2.54 bits per heavy atom. The number of benzene rings is 2. The minimum atomic E-state index is -0.438. The largest absolute Gasteiger partial charge is 0.508 e. The first-order valence-electron chi connectivity index (χ1n) is 9.02. The zero-order chi connectivity index (χ0) is 18.9. The third kappa shape index (κ3) is 3.64. The van der Waals surface area contributed by atoms with Crippen LogP contribution in [0.5, 0.6) is 5.75 Å². The predicted molar refractivity (Wildman–Crippen MR) is 103 cm³/mol. The average molecular weight is 351 g/mol. The van der Waals surface area contributed by atoms with Crippen LogP contribution in [0, 0.1) is 5.41 Å². The van der Waals surface area contributed by atoms with Crippen molar-refractivity contribution >= 4 is 17.4 Å². The molecule has 0 unspecified atom stereocenters. The Bertz CT molecular complexity index is 849. The second-order valence-corrected chi connectivity index (χ2v) is 7.86. The summed E-state index contributed by atoms with van der Waals surface area (Å²) in [5, 5.41) is 9.55. The molecular formula is C22H25NO3. The Hall–Kier alpha value is -2.62. The molecule has 1 amide bonds. The maximum Gasteiger partial charge on any atom is 0.232 e. The first kappa shape index (κ1) is 18.2. The van der Waals surface area contributed by atoms with E-state index < -0.39 is 5.41 Å². The number of fused-ring (bicyclic) bond motifs is 1. The molecular weight excluding hydrogens is 326 g/mol. The van der Waals surface area contributed by atoms with Gasteiger partial charge >= 0.3 is 0 Å². The van der Waals surface area contributed by atoms with Crippen molar-refractivity contribution in [3.05, 3.63) is 59.2 Å². The lowest BCUT2D eigenvalue weighted by atomic mass is 9.94. The second-order valence-electron chi connectivity index (χ2n) is 7.86. The van der Waals surface area contributed by atoms with Gasteiger partial charge in [0, 0.05) is 23.9 Å². The van der Waals surface area contributed by atoms with Gasteiger partial charge in [-0.2, -0.15) is 0 Å². The fourth-order valence-corrected chi connectivity index (χ4v) is 3.42. The summed E-state index contributed by atoms with van der Waals surface area (Å²) >= 11 is 0. The van der Waals surface area contributed by atoms with E-state index in [1.807, 2.05) is 37.8 Å². The van der Waals surface area contributed by atoms with Crippen molar-refractivity contribution in [3.63, 3.8) is 0 Å². The Morgan fingerprint density at radius 2 is 1.85 bits per heavy atom. The summed E-state index contributed by atoms with van der Waals surface area (Å²) in [6.07, 6.45) is 1.77. The number of amides is 1. The van der Waals surface area contributed by atoms with E-state index in [9.17, 15) is 14.7 Å². The van der Waals surface area contributed by atoms with Gasteiger partial charge in [-0.25, -0.2) is 0 Å². The molecule has 4 heteroatoms. The van der Waals surface area contributed by atoms with Crippen molar-refractivity contribution in [1.29, 1.82) is 0 Å². The van der Waals surface area contributed by atoms with Crippen molar-refractivity contribution in [3.8, 4) is 5.75 Å². The van der Waals surface area contributed by atoms with Crippen LogP contribution < -0.4 is 4.90 Å². The number of Topliss-reactive ketones (excluding diaryl/α,β-unsaturated/α-hetero) is 1. The molecule has 0 radical (unpaired) electrons. The maximum absolute atomic E-state index is 12.8. The predicted octanol–water partition coefficient (Wildman–Crippen LogP) is 4.14. The van der Waals surface area contributed by atoms with Gasteiger partial charge in [-0.3, -0.25) is 9.59 Å². The molecule has 0 aliphatic carbocycles. The number of phenolic OH excluding ortho intramolecular Hbond substituents is 1. The Labute approximate surface area is 154 Å². The monoisotopic (exact) mass is 351 g/mol. The van der Waals surface area contributed by atoms with E-state index >= 15 is 0 Å². The molecule has 0 saturated carbocycles. The van der Waals surface area contributed by atoms with Crippen LogP contribution in [-0.4, -0.2) is 23.3 Å². The molecule has 0 fully saturated rings. The van der Waals surface area contributed by atoms with Gasteiger partial charge in [0.05, 0.1) is 5.69 Å². The van der Waals surface area contributed by atoms with Gasteiger partial charge in [0.15, 0.2) is 5.78 Å². The fourth-order valence-electron chi connectivity index (χ4n) is 3.42. The van der Waals surface area contributed by atoms with Crippen LogP contribution in [0.1, 0.15) is 48.7 Å². The van der Waals surface area contributed by atoms with E-state index in [-0.39, 0.29) is 17.4 Å². The van der Waals surface area contributed by atoms with Crippen LogP contribution in [-0.2, 0) is 17.6 Å². The molecule has 4 nitrogen and oxygen atoms in total. The zero-order valence-corrected chi connectivity index (χ0v) is 15.6. The molecule has 2 aromatic carbocycles. The standard InChI is InChI=1S/C22H25NO3/c1-22(2,3)21(26)23-13-12-16-7-4-6-15(20(16)23)10-11-19(25)17-8-5-9-18(24)14-17/h4-9,14,24H,10-13H2,1-3H3. The quantitative estimate of drug-likeness (QED) is 0.842. The summed E-state index contributed by atoms with van der Waals surface area (Å²) in [7, 11) is 0. The summed E-state index contributed by atoms with van der Waals surface area (Å²) in [5.41, 5.74) is 3.26. The van der Waals surface area contributed by atoms with Crippen LogP contribution in [0.25, 0.3) is 0 Å².